The molecule has 1 N–H and O–H groups in total. The molecule has 15 heavy (non-hydrogen) atoms. The summed E-state index contributed by atoms with van der Waals surface area (Å²) in [5.74, 6) is 1.60. The summed E-state index contributed by atoms with van der Waals surface area (Å²) in [5, 5.41) is 3.46. The van der Waals surface area contributed by atoms with E-state index in [1.807, 2.05) is 0 Å². The van der Waals surface area contributed by atoms with E-state index in [0.717, 1.165) is 25.0 Å². The molecule has 1 heterocycles. The molecule has 0 amide bonds. The van der Waals surface area contributed by atoms with Crippen LogP contribution in [0, 0.1) is 11.8 Å². The molecule has 1 aliphatic heterocycles. The molecule has 0 radical (unpaired) electrons. The van der Waals surface area contributed by atoms with E-state index in [4.69, 9.17) is 4.74 Å². The first-order valence-corrected chi connectivity index (χ1v) is 6.56. The molecule has 0 aromatic heterocycles. The summed E-state index contributed by atoms with van der Waals surface area (Å²) in [4.78, 5) is 0. The second-order valence-corrected chi connectivity index (χ2v) is 5.02. The van der Waals surface area contributed by atoms with E-state index in [2.05, 4.69) is 26.1 Å². The van der Waals surface area contributed by atoms with Gasteiger partial charge in [0.2, 0.25) is 0 Å². The van der Waals surface area contributed by atoms with Crippen LogP contribution in [0.4, 0.5) is 0 Å². The average Bonchev–Trinajstić information content (AvgIpc) is 2.70. The van der Waals surface area contributed by atoms with E-state index < -0.39 is 0 Å². The number of rotatable bonds is 7. The SMILES string of the molecule is CCNCC(CCC1CCCO1)C(C)C. The van der Waals surface area contributed by atoms with E-state index in [1.54, 1.807) is 0 Å². The Kier molecular flexibility index (Phi) is 6.26. The van der Waals surface area contributed by atoms with Crippen molar-refractivity contribution in [3.8, 4) is 0 Å². The first-order chi connectivity index (χ1) is 7.24. The predicted octanol–water partition coefficient (Wildman–Crippen LogP) is 2.83. The Labute approximate surface area is 94.8 Å². The second-order valence-electron chi connectivity index (χ2n) is 5.02. The number of hydrogen-bond acceptors (Lipinski definition) is 2. The molecule has 0 aliphatic carbocycles. The molecule has 0 saturated carbocycles. The normalized spacial score (nSPS) is 23.6. The molecule has 2 nitrogen and oxygen atoms in total. The maximum Gasteiger partial charge on any atom is 0.0576 e. The van der Waals surface area contributed by atoms with Crippen molar-refractivity contribution in [2.24, 2.45) is 11.8 Å². The molecule has 1 rings (SSSR count). The molecule has 2 heteroatoms. The number of hydrogen-bond donors (Lipinski definition) is 1. The minimum atomic E-state index is 0.563. The Morgan fingerprint density at radius 2 is 2.20 bits per heavy atom. The molecule has 1 fully saturated rings. The topological polar surface area (TPSA) is 21.3 Å². The minimum absolute atomic E-state index is 0.563. The molecular formula is C13H27NO. The van der Waals surface area contributed by atoms with Gasteiger partial charge in [0.15, 0.2) is 0 Å². The Morgan fingerprint density at radius 3 is 2.73 bits per heavy atom. The Morgan fingerprint density at radius 1 is 1.40 bits per heavy atom. The van der Waals surface area contributed by atoms with Crippen LogP contribution in [-0.2, 0) is 4.74 Å². The first-order valence-electron chi connectivity index (χ1n) is 6.56. The molecule has 0 aromatic rings. The zero-order valence-electron chi connectivity index (χ0n) is 10.6. The summed E-state index contributed by atoms with van der Waals surface area (Å²) >= 11 is 0. The summed E-state index contributed by atoms with van der Waals surface area (Å²) < 4.78 is 5.67. The van der Waals surface area contributed by atoms with Crippen LogP contribution in [0.25, 0.3) is 0 Å². The van der Waals surface area contributed by atoms with Crippen LogP contribution in [0.3, 0.4) is 0 Å². The molecule has 0 bridgehead atoms. The Hall–Kier alpha value is -0.0800. The summed E-state index contributed by atoms with van der Waals surface area (Å²) in [7, 11) is 0. The van der Waals surface area contributed by atoms with Crippen LogP contribution in [-0.4, -0.2) is 25.8 Å². The summed E-state index contributed by atoms with van der Waals surface area (Å²) in [6.07, 6.45) is 5.69. The maximum atomic E-state index is 5.67. The maximum absolute atomic E-state index is 5.67. The van der Waals surface area contributed by atoms with Gasteiger partial charge >= 0.3 is 0 Å². The summed E-state index contributed by atoms with van der Waals surface area (Å²) in [5.41, 5.74) is 0. The van der Waals surface area contributed by atoms with Crippen molar-refractivity contribution in [3.05, 3.63) is 0 Å². The average molecular weight is 213 g/mol. The molecule has 90 valence electrons. The lowest BCUT2D eigenvalue weighted by atomic mass is 9.89. The summed E-state index contributed by atoms with van der Waals surface area (Å²) in [6, 6.07) is 0. The van der Waals surface area contributed by atoms with Crippen LogP contribution >= 0.6 is 0 Å². The molecular weight excluding hydrogens is 186 g/mol. The van der Waals surface area contributed by atoms with Gasteiger partial charge in [-0.15, -0.1) is 0 Å². The highest BCUT2D eigenvalue weighted by Crippen LogP contribution is 2.22. The highest BCUT2D eigenvalue weighted by Gasteiger charge is 2.19. The molecule has 1 aliphatic rings. The second kappa shape index (κ2) is 7.24. The van der Waals surface area contributed by atoms with Crippen molar-refractivity contribution < 1.29 is 4.74 Å². The van der Waals surface area contributed by atoms with Crippen molar-refractivity contribution in [1.82, 2.24) is 5.32 Å². The predicted molar refractivity (Wildman–Crippen MR) is 65.1 cm³/mol. The number of ether oxygens (including phenoxy) is 1. The highest BCUT2D eigenvalue weighted by molar-refractivity contribution is 4.71. The van der Waals surface area contributed by atoms with Crippen molar-refractivity contribution in [3.63, 3.8) is 0 Å². The first kappa shape index (κ1) is 13.0. The highest BCUT2D eigenvalue weighted by atomic mass is 16.5. The van der Waals surface area contributed by atoms with E-state index in [-0.39, 0.29) is 0 Å². The Bertz CT molecular complexity index is 153. The van der Waals surface area contributed by atoms with Crippen LogP contribution in [0.2, 0.25) is 0 Å². The Balaban J connectivity index is 2.17. The minimum Gasteiger partial charge on any atom is -0.378 e. The van der Waals surface area contributed by atoms with E-state index in [0.29, 0.717) is 6.10 Å². The smallest absolute Gasteiger partial charge is 0.0576 e. The van der Waals surface area contributed by atoms with Crippen LogP contribution in [0.1, 0.15) is 46.5 Å². The van der Waals surface area contributed by atoms with E-state index in [9.17, 15) is 0 Å². The molecule has 1 saturated heterocycles. The van der Waals surface area contributed by atoms with Crippen molar-refractivity contribution >= 4 is 0 Å². The van der Waals surface area contributed by atoms with Crippen molar-refractivity contribution in [2.45, 2.75) is 52.6 Å². The van der Waals surface area contributed by atoms with Gasteiger partial charge in [-0.3, -0.25) is 0 Å². The fraction of sp³-hybridized carbons (Fsp3) is 1.00. The lowest BCUT2D eigenvalue weighted by Crippen LogP contribution is -2.27. The van der Waals surface area contributed by atoms with Gasteiger partial charge in [-0.2, -0.15) is 0 Å². The van der Waals surface area contributed by atoms with Crippen molar-refractivity contribution in [2.75, 3.05) is 19.7 Å². The monoisotopic (exact) mass is 213 g/mol. The summed E-state index contributed by atoms with van der Waals surface area (Å²) in [6.45, 7) is 10.1. The molecule has 2 unspecified atom stereocenters. The van der Waals surface area contributed by atoms with Gasteiger partial charge in [0.1, 0.15) is 0 Å². The van der Waals surface area contributed by atoms with Crippen molar-refractivity contribution in [1.29, 1.82) is 0 Å². The van der Waals surface area contributed by atoms with Gasteiger partial charge in [0, 0.05) is 6.61 Å². The van der Waals surface area contributed by atoms with Crippen LogP contribution in [0.5, 0.6) is 0 Å². The third kappa shape index (κ3) is 4.98. The van der Waals surface area contributed by atoms with Gasteiger partial charge in [-0.05, 0) is 50.6 Å². The van der Waals surface area contributed by atoms with Crippen LogP contribution < -0.4 is 5.32 Å². The van der Waals surface area contributed by atoms with Gasteiger partial charge in [0.05, 0.1) is 6.10 Å². The third-order valence-corrected chi connectivity index (χ3v) is 3.48. The molecule has 0 aromatic carbocycles. The van der Waals surface area contributed by atoms with E-state index >= 15 is 0 Å². The lowest BCUT2D eigenvalue weighted by Gasteiger charge is -2.22. The van der Waals surface area contributed by atoms with E-state index in [1.165, 1.54) is 32.2 Å². The third-order valence-electron chi connectivity index (χ3n) is 3.48. The van der Waals surface area contributed by atoms with Crippen LogP contribution in [0.15, 0.2) is 0 Å². The lowest BCUT2D eigenvalue weighted by molar-refractivity contribution is 0.0954. The zero-order chi connectivity index (χ0) is 11.1. The van der Waals surface area contributed by atoms with Gasteiger partial charge in [-0.1, -0.05) is 20.8 Å². The largest absolute Gasteiger partial charge is 0.378 e. The number of nitrogens with one attached hydrogen (secondary N) is 1. The van der Waals surface area contributed by atoms with Gasteiger partial charge in [0.25, 0.3) is 0 Å². The molecule has 2 atom stereocenters. The quantitative estimate of drug-likeness (QED) is 0.702. The molecule has 0 spiro atoms. The van der Waals surface area contributed by atoms with Gasteiger partial charge in [-0.25, -0.2) is 0 Å². The fourth-order valence-electron chi connectivity index (χ4n) is 2.27. The zero-order valence-corrected chi connectivity index (χ0v) is 10.6. The standard InChI is InChI=1S/C13H27NO/c1-4-14-10-12(11(2)3)7-8-13-6-5-9-15-13/h11-14H,4-10H2,1-3H3. The van der Waals surface area contributed by atoms with Gasteiger partial charge < -0.3 is 10.1 Å². The fourth-order valence-corrected chi connectivity index (χ4v) is 2.27.